The fourth-order valence-electron chi connectivity index (χ4n) is 4.83. The van der Waals surface area contributed by atoms with Crippen molar-refractivity contribution in [3.63, 3.8) is 0 Å². The quantitative estimate of drug-likeness (QED) is 0.825. The minimum absolute atomic E-state index is 0.212. The Morgan fingerprint density at radius 1 is 1.15 bits per heavy atom. The third-order valence-electron chi connectivity index (χ3n) is 5.94. The van der Waals surface area contributed by atoms with Crippen LogP contribution in [0.4, 0.5) is 0 Å². The predicted octanol–water partition coefficient (Wildman–Crippen LogP) is 1.73. The molecule has 0 unspecified atom stereocenters. The van der Waals surface area contributed by atoms with Crippen molar-refractivity contribution in [1.82, 2.24) is 19.7 Å². The first-order chi connectivity index (χ1) is 9.74. The third kappa shape index (κ3) is 1.79. The standard InChI is InChI=1S/C15H22N4O/c1-10(19-9-16-8-17-19)15(20)18-6-13-11-2-3-12(5-4-11)14(13)7-18/h8-14H,2-7H2,1H3/t10-,11?,12?,13-,14+/m0/s1. The van der Waals surface area contributed by atoms with Crippen LogP contribution in [-0.4, -0.2) is 38.7 Å². The molecule has 3 saturated carbocycles. The summed E-state index contributed by atoms with van der Waals surface area (Å²) >= 11 is 0. The Hall–Kier alpha value is -1.39. The van der Waals surface area contributed by atoms with Gasteiger partial charge in [-0.15, -0.1) is 0 Å². The van der Waals surface area contributed by atoms with Gasteiger partial charge in [0.25, 0.3) is 0 Å². The summed E-state index contributed by atoms with van der Waals surface area (Å²) in [6, 6.07) is -0.227. The van der Waals surface area contributed by atoms with Crippen LogP contribution in [-0.2, 0) is 4.79 Å². The number of aromatic nitrogens is 3. The molecule has 1 aliphatic heterocycles. The number of amides is 1. The fraction of sp³-hybridized carbons (Fsp3) is 0.800. The van der Waals surface area contributed by atoms with Crippen molar-refractivity contribution in [2.45, 2.75) is 38.6 Å². The smallest absolute Gasteiger partial charge is 0.247 e. The van der Waals surface area contributed by atoms with Crippen molar-refractivity contribution >= 4 is 5.91 Å². The van der Waals surface area contributed by atoms with E-state index in [1.807, 2.05) is 6.92 Å². The molecule has 2 heterocycles. The fourth-order valence-corrected chi connectivity index (χ4v) is 4.83. The van der Waals surface area contributed by atoms with Gasteiger partial charge in [0.2, 0.25) is 5.91 Å². The first kappa shape index (κ1) is 12.4. The molecule has 1 aromatic heterocycles. The summed E-state index contributed by atoms with van der Waals surface area (Å²) < 4.78 is 1.67. The van der Waals surface area contributed by atoms with Crippen molar-refractivity contribution in [1.29, 1.82) is 0 Å². The molecule has 108 valence electrons. The lowest BCUT2D eigenvalue weighted by atomic mass is 9.60. The molecule has 20 heavy (non-hydrogen) atoms. The zero-order chi connectivity index (χ0) is 13.7. The molecule has 1 amide bonds. The summed E-state index contributed by atoms with van der Waals surface area (Å²) in [4.78, 5) is 18.7. The second-order valence-corrected chi connectivity index (χ2v) is 6.80. The van der Waals surface area contributed by atoms with Gasteiger partial charge in [0.1, 0.15) is 18.7 Å². The van der Waals surface area contributed by atoms with E-state index in [2.05, 4.69) is 15.0 Å². The van der Waals surface area contributed by atoms with Crippen LogP contribution in [0.3, 0.4) is 0 Å². The average molecular weight is 274 g/mol. The lowest BCUT2D eigenvalue weighted by Gasteiger charge is -2.44. The number of carbonyl (C=O) groups is 1. The topological polar surface area (TPSA) is 51.0 Å². The zero-order valence-electron chi connectivity index (χ0n) is 12.0. The molecule has 4 fully saturated rings. The van der Waals surface area contributed by atoms with Crippen molar-refractivity contribution in [3.05, 3.63) is 12.7 Å². The monoisotopic (exact) mass is 274 g/mol. The Morgan fingerprint density at radius 3 is 2.25 bits per heavy atom. The van der Waals surface area contributed by atoms with Crippen molar-refractivity contribution in [2.24, 2.45) is 23.7 Å². The van der Waals surface area contributed by atoms with Gasteiger partial charge < -0.3 is 4.90 Å². The molecule has 1 saturated heterocycles. The second-order valence-electron chi connectivity index (χ2n) is 6.80. The Balaban J connectivity index is 1.49. The summed E-state index contributed by atoms with van der Waals surface area (Å²) in [6.45, 7) is 3.88. The second kappa shape index (κ2) is 4.57. The summed E-state index contributed by atoms with van der Waals surface area (Å²) in [7, 11) is 0. The van der Waals surface area contributed by atoms with E-state index in [-0.39, 0.29) is 11.9 Å². The van der Waals surface area contributed by atoms with Crippen molar-refractivity contribution in [3.8, 4) is 0 Å². The van der Waals surface area contributed by atoms with Crippen LogP contribution in [0, 0.1) is 23.7 Å². The van der Waals surface area contributed by atoms with E-state index < -0.39 is 0 Å². The van der Waals surface area contributed by atoms with Gasteiger partial charge in [0.15, 0.2) is 0 Å². The summed E-state index contributed by atoms with van der Waals surface area (Å²) in [6.07, 6.45) is 8.71. The van der Waals surface area contributed by atoms with Crippen LogP contribution < -0.4 is 0 Å². The highest BCUT2D eigenvalue weighted by molar-refractivity contribution is 5.80. The van der Waals surface area contributed by atoms with Crippen LogP contribution in [0.5, 0.6) is 0 Å². The van der Waals surface area contributed by atoms with Crippen LogP contribution in [0.25, 0.3) is 0 Å². The van der Waals surface area contributed by atoms with Gasteiger partial charge in [-0.25, -0.2) is 9.67 Å². The number of fused-ring (bicyclic) bond motifs is 2. The van der Waals surface area contributed by atoms with E-state index >= 15 is 0 Å². The molecule has 0 N–H and O–H groups in total. The van der Waals surface area contributed by atoms with E-state index in [0.717, 1.165) is 36.8 Å². The Bertz CT molecular complexity index is 472. The highest BCUT2D eigenvalue weighted by Crippen LogP contribution is 2.51. The van der Waals surface area contributed by atoms with Crippen LogP contribution >= 0.6 is 0 Å². The highest BCUT2D eigenvalue weighted by Gasteiger charge is 2.49. The maximum absolute atomic E-state index is 12.7. The maximum atomic E-state index is 12.7. The van der Waals surface area contributed by atoms with E-state index in [1.54, 1.807) is 11.0 Å². The molecule has 5 heteroatoms. The SMILES string of the molecule is C[C@@H](C(=O)N1C[C@@H]2C3CCC(CC3)[C@@H]2C1)n1cncn1. The van der Waals surface area contributed by atoms with Gasteiger partial charge in [-0.05, 0) is 56.3 Å². The normalized spacial score (nSPS) is 37.0. The van der Waals surface area contributed by atoms with Gasteiger partial charge in [-0.3, -0.25) is 4.79 Å². The number of hydrogen-bond donors (Lipinski definition) is 0. The van der Waals surface area contributed by atoms with Crippen LogP contribution in [0.15, 0.2) is 12.7 Å². The van der Waals surface area contributed by atoms with E-state index in [0.29, 0.717) is 0 Å². The molecular formula is C15H22N4O. The maximum Gasteiger partial charge on any atom is 0.247 e. The number of carbonyl (C=O) groups excluding carboxylic acids is 1. The molecule has 3 atom stereocenters. The molecule has 5 rings (SSSR count). The Morgan fingerprint density at radius 2 is 1.75 bits per heavy atom. The molecule has 5 nitrogen and oxygen atoms in total. The lowest BCUT2D eigenvalue weighted by molar-refractivity contribution is -0.133. The first-order valence-corrected chi connectivity index (χ1v) is 7.87. The molecule has 0 aromatic carbocycles. The number of likely N-dealkylation sites (tertiary alicyclic amines) is 1. The number of hydrogen-bond acceptors (Lipinski definition) is 3. The number of nitrogens with zero attached hydrogens (tertiary/aromatic N) is 4. The molecule has 0 radical (unpaired) electrons. The molecular weight excluding hydrogens is 252 g/mol. The Kier molecular flexibility index (Phi) is 2.82. The summed E-state index contributed by atoms with van der Waals surface area (Å²) in [5.41, 5.74) is 0. The van der Waals surface area contributed by atoms with Gasteiger partial charge in [-0.1, -0.05) is 0 Å². The Labute approximate surface area is 119 Å². The van der Waals surface area contributed by atoms with Gasteiger partial charge in [0, 0.05) is 13.1 Å². The first-order valence-electron chi connectivity index (χ1n) is 7.87. The van der Waals surface area contributed by atoms with E-state index in [1.165, 1.54) is 32.0 Å². The van der Waals surface area contributed by atoms with Gasteiger partial charge >= 0.3 is 0 Å². The third-order valence-corrected chi connectivity index (χ3v) is 5.94. The minimum Gasteiger partial charge on any atom is -0.340 e. The van der Waals surface area contributed by atoms with Crippen LogP contribution in [0.2, 0.25) is 0 Å². The van der Waals surface area contributed by atoms with Crippen molar-refractivity contribution < 1.29 is 4.79 Å². The molecule has 0 spiro atoms. The highest BCUT2D eigenvalue weighted by atomic mass is 16.2. The molecule has 4 aliphatic rings. The minimum atomic E-state index is -0.227. The van der Waals surface area contributed by atoms with Crippen molar-refractivity contribution in [2.75, 3.05) is 13.1 Å². The summed E-state index contributed by atoms with van der Waals surface area (Å²) in [5, 5.41) is 4.10. The molecule has 1 aromatic rings. The van der Waals surface area contributed by atoms with E-state index in [9.17, 15) is 4.79 Å². The lowest BCUT2D eigenvalue weighted by Crippen LogP contribution is -2.38. The van der Waals surface area contributed by atoms with Gasteiger partial charge in [-0.2, -0.15) is 5.10 Å². The number of rotatable bonds is 2. The zero-order valence-corrected chi connectivity index (χ0v) is 12.0. The largest absolute Gasteiger partial charge is 0.340 e. The van der Waals surface area contributed by atoms with Crippen LogP contribution in [0.1, 0.15) is 38.6 Å². The summed E-state index contributed by atoms with van der Waals surface area (Å²) in [5.74, 6) is 3.52. The molecule has 2 bridgehead atoms. The average Bonchev–Trinajstić information content (AvgIpc) is 3.16. The van der Waals surface area contributed by atoms with Gasteiger partial charge in [0.05, 0.1) is 0 Å². The predicted molar refractivity (Wildman–Crippen MR) is 73.7 cm³/mol. The molecule has 3 aliphatic carbocycles. The van der Waals surface area contributed by atoms with E-state index in [4.69, 9.17) is 0 Å².